The number of alkyl halides is 3. The van der Waals surface area contributed by atoms with Gasteiger partial charge in [-0.2, -0.15) is 18.4 Å². The van der Waals surface area contributed by atoms with Crippen molar-refractivity contribution in [2.24, 2.45) is 0 Å². The number of aromatic hydroxyl groups is 1. The highest BCUT2D eigenvalue weighted by atomic mass is 19.4. The molecule has 3 amide bonds. The molecule has 0 fully saturated rings. The Bertz CT molecular complexity index is 1700. The number of nitrogens with zero attached hydrogens (tertiary/aromatic N) is 3. The molecule has 0 unspecified atom stereocenters. The predicted molar refractivity (Wildman–Crippen MR) is 159 cm³/mol. The van der Waals surface area contributed by atoms with Crippen molar-refractivity contribution in [2.75, 3.05) is 43.4 Å². The molecular formula is C30H28F3N5O7. The Hall–Kier alpha value is -5.75. The van der Waals surface area contributed by atoms with E-state index in [2.05, 4.69) is 10.1 Å². The topological polar surface area (TPSA) is 184 Å². The van der Waals surface area contributed by atoms with E-state index in [4.69, 9.17) is 10.7 Å². The number of anilines is 3. The van der Waals surface area contributed by atoms with Crippen LogP contribution in [0.4, 0.5) is 30.2 Å². The van der Waals surface area contributed by atoms with Crippen LogP contribution >= 0.6 is 0 Å². The quantitative estimate of drug-likeness (QED) is 0.208. The number of hydrogen-bond donors (Lipinski definition) is 4. The molecule has 0 radical (unpaired) electrons. The molecule has 3 aromatic carbocycles. The number of hydrogen-bond acceptors (Lipinski definition) is 8. The maximum Gasteiger partial charge on any atom is 0.417 e. The van der Waals surface area contributed by atoms with E-state index < -0.39 is 57.7 Å². The van der Waals surface area contributed by atoms with Gasteiger partial charge in [0.2, 0.25) is 12.3 Å². The lowest BCUT2D eigenvalue weighted by molar-refractivity contribution is -0.137. The summed E-state index contributed by atoms with van der Waals surface area (Å²) in [5.41, 5.74) is -4.29. The number of carbonyl (C=O) groups is 4. The summed E-state index contributed by atoms with van der Waals surface area (Å²) < 4.78 is 46.7. The number of carboxylic acids is 1. The number of carbonyl (C=O) groups excluding carboxylic acids is 3. The highest BCUT2D eigenvalue weighted by molar-refractivity contribution is 6.48. The van der Waals surface area contributed by atoms with Crippen molar-refractivity contribution in [3.63, 3.8) is 0 Å². The average Bonchev–Trinajstić information content (AvgIpc) is 2.99. The van der Waals surface area contributed by atoms with Crippen molar-refractivity contribution < 1.29 is 47.3 Å². The minimum absolute atomic E-state index is 0.00492. The van der Waals surface area contributed by atoms with Crippen molar-refractivity contribution in [1.82, 2.24) is 0 Å². The number of nitriles is 1. The van der Waals surface area contributed by atoms with Gasteiger partial charge in [0.15, 0.2) is 0 Å². The summed E-state index contributed by atoms with van der Waals surface area (Å²) >= 11 is 0. The van der Waals surface area contributed by atoms with Crippen molar-refractivity contribution in [1.29, 1.82) is 10.7 Å². The van der Waals surface area contributed by atoms with Gasteiger partial charge >= 0.3 is 12.1 Å². The fraction of sp³-hybridized carbons (Fsp3) is 0.200. The van der Waals surface area contributed by atoms with Gasteiger partial charge in [0.25, 0.3) is 5.91 Å². The van der Waals surface area contributed by atoms with E-state index in [1.165, 1.54) is 26.2 Å². The number of ether oxygens (including phenoxy) is 1. The lowest BCUT2D eigenvalue weighted by Gasteiger charge is -2.24. The van der Waals surface area contributed by atoms with Crippen molar-refractivity contribution >= 4 is 47.0 Å². The Morgan fingerprint density at radius 2 is 1.64 bits per heavy atom. The number of methoxy groups -OCH3 is 1. The number of amides is 3. The maximum absolute atomic E-state index is 14.1. The van der Waals surface area contributed by atoms with E-state index in [9.17, 15) is 42.6 Å². The van der Waals surface area contributed by atoms with E-state index in [1.807, 2.05) is 0 Å². The average molecular weight is 628 g/mol. The lowest BCUT2D eigenvalue weighted by Crippen LogP contribution is -2.26. The standard InChI is InChI=1S/C28H22F3N5O6.C2H6O/c1-14(38)36(3)23-10-20(25(33)26(40)34-22-7-4-15(12-32)8-19(22)27(41)42)24(39)11-18(23)17-6-5-16(35(2)13-37)9-21(17)28(29,30)31;1-3-2/h4-11,13,33,39H,1-3H3,(H,34,40)(H,41,42);1-2H3. The minimum atomic E-state index is -4.93. The zero-order valence-corrected chi connectivity index (χ0v) is 24.6. The van der Waals surface area contributed by atoms with Gasteiger partial charge in [-0.1, -0.05) is 6.07 Å². The molecule has 12 nitrogen and oxygen atoms in total. The third-order valence-electron chi connectivity index (χ3n) is 6.24. The summed E-state index contributed by atoms with van der Waals surface area (Å²) in [6.45, 7) is 1.12. The molecule has 0 aliphatic rings. The second-order valence-corrected chi connectivity index (χ2v) is 9.32. The molecule has 0 heterocycles. The Labute approximate surface area is 255 Å². The SMILES string of the molecule is CC(=O)N(C)c1cc(C(=N)C(=O)Nc2ccc(C#N)cc2C(=O)O)c(O)cc1-c1ccc(N(C)C=O)cc1C(F)(F)F.COC. The smallest absolute Gasteiger partial charge is 0.417 e. The molecule has 0 saturated heterocycles. The predicted octanol–water partition coefficient (Wildman–Crippen LogP) is 4.49. The third-order valence-corrected chi connectivity index (χ3v) is 6.24. The molecule has 0 aliphatic heterocycles. The molecule has 0 saturated carbocycles. The van der Waals surface area contributed by atoms with Crippen molar-refractivity contribution in [3.05, 3.63) is 70.8 Å². The second-order valence-electron chi connectivity index (χ2n) is 9.32. The van der Waals surface area contributed by atoms with Crippen molar-refractivity contribution in [2.45, 2.75) is 13.1 Å². The van der Waals surface area contributed by atoms with Crippen LogP contribution in [-0.2, 0) is 25.3 Å². The summed E-state index contributed by atoms with van der Waals surface area (Å²) in [6.07, 6.45) is -4.61. The first-order valence-electron chi connectivity index (χ1n) is 12.6. The van der Waals surface area contributed by atoms with Crippen molar-refractivity contribution in [3.8, 4) is 22.9 Å². The number of nitrogens with one attached hydrogen (secondary N) is 2. The van der Waals surface area contributed by atoms with E-state index in [0.29, 0.717) is 6.41 Å². The van der Waals surface area contributed by atoms with Gasteiger partial charge in [-0.25, -0.2) is 4.79 Å². The molecule has 45 heavy (non-hydrogen) atoms. The number of aromatic carboxylic acids is 1. The van der Waals surface area contributed by atoms with Gasteiger partial charge in [0.05, 0.1) is 34.1 Å². The van der Waals surface area contributed by atoms with Crippen LogP contribution in [0, 0.1) is 16.7 Å². The highest BCUT2D eigenvalue weighted by Gasteiger charge is 2.36. The maximum atomic E-state index is 14.1. The van der Waals surface area contributed by atoms with Crippen LogP contribution in [0.1, 0.15) is 34.0 Å². The first-order chi connectivity index (χ1) is 21.0. The molecule has 3 rings (SSSR count). The van der Waals surface area contributed by atoms with E-state index in [1.54, 1.807) is 20.3 Å². The number of rotatable bonds is 8. The lowest BCUT2D eigenvalue weighted by atomic mass is 9.93. The first kappa shape index (κ1) is 35.4. The van der Waals surface area contributed by atoms with Gasteiger partial charge in [-0.15, -0.1) is 0 Å². The Morgan fingerprint density at radius 3 is 2.16 bits per heavy atom. The molecule has 0 bridgehead atoms. The Morgan fingerprint density at radius 1 is 1.02 bits per heavy atom. The summed E-state index contributed by atoms with van der Waals surface area (Å²) in [4.78, 5) is 49.8. The normalized spacial score (nSPS) is 10.5. The van der Waals surface area contributed by atoms with Gasteiger partial charge in [-0.05, 0) is 48.0 Å². The van der Waals surface area contributed by atoms with E-state index >= 15 is 0 Å². The van der Waals surface area contributed by atoms with Gasteiger partial charge in [-0.3, -0.25) is 19.8 Å². The van der Waals surface area contributed by atoms with E-state index in [-0.39, 0.29) is 28.2 Å². The van der Waals surface area contributed by atoms with Crippen LogP contribution in [0.5, 0.6) is 5.75 Å². The molecule has 0 aliphatic carbocycles. The fourth-order valence-corrected chi connectivity index (χ4v) is 3.93. The summed E-state index contributed by atoms with van der Waals surface area (Å²) in [6, 6.07) is 9.98. The number of carboxylic acid groups (broad SMARTS) is 1. The van der Waals surface area contributed by atoms with Gasteiger partial charge in [0, 0.05) is 52.1 Å². The zero-order valence-electron chi connectivity index (χ0n) is 24.6. The summed E-state index contributed by atoms with van der Waals surface area (Å²) in [7, 11) is 5.75. The van der Waals surface area contributed by atoms with Crippen LogP contribution in [0.15, 0.2) is 48.5 Å². The van der Waals surface area contributed by atoms with Crippen LogP contribution in [0.2, 0.25) is 0 Å². The van der Waals surface area contributed by atoms with Crippen LogP contribution in [0.3, 0.4) is 0 Å². The summed E-state index contributed by atoms with van der Waals surface area (Å²) in [5.74, 6) is -4.08. The minimum Gasteiger partial charge on any atom is -0.507 e. The number of halogens is 3. The molecule has 0 aromatic heterocycles. The van der Waals surface area contributed by atoms with Gasteiger partial charge < -0.3 is 30.1 Å². The second kappa shape index (κ2) is 14.6. The highest BCUT2D eigenvalue weighted by Crippen LogP contribution is 2.44. The van der Waals surface area contributed by atoms with Crippen LogP contribution in [-0.4, -0.2) is 68.4 Å². The Balaban J connectivity index is 0.00000226. The third kappa shape index (κ3) is 8.21. The largest absolute Gasteiger partial charge is 0.507 e. The first-order valence-corrected chi connectivity index (χ1v) is 12.6. The number of benzene rings is 3. The fourth-order valence-electron chi connectivity index (χ4n) is 3.93. The molecular weight excluding hydrogens is 599 g/mol. The molecule has 15 heteroatoms. The molecule has 0 spiro atoms. The monoisotopic (exact) mass is 627 g/mol. The molecule has 4 N–H and O–H groups in total. The van der Waals surface area contributed by atoms with Crippen LogP contribution < -0.4 is 15.1 Å². The van der Waals surface area contributed by atoms with Crippen LogP contribution in [0.25, 0.3) is 11.1 Å². The molecule has 3 aromatic rings. The molecule has 236 valence electrons. The Kier molecular flexibility index (Phi) is 11.5. The summed E-state index contributed by atoms with van der Waals surface area (Å²) in [5, 5.41) is 39.8. The van der Waals surface area contributed by atoms with E-state index in [0.717, 1.165) is 53.1 Å². The molecule has 0 atom stereocenters. The number of phenols is 1. The number of phenolic OH excluding ortho intramolecular Hbond substituents is 1. The van der Waals surface area contributed by atoms with Gasteiger partial charge in [0.1, 0.15) is 11.5 Å². The zero-order chi connectivity index (χ0) is 34.2.